The molecule has 0 aliphatic carbocycles. The van der Waals surface area contributed by atoms with Crippen LogP contribution in [0.4, 0.5) is 0 Å². The minimum Gasteiger partial charge on any atom is -0.327 e. The molecule has 0 rings (SSSR count). The van der Waals surface area contributed by atoms with Crippen LogP contribution in [-0.2, 0) is 0 Å². The average molecular weight is 190 g/mol. The van der Waals surface area contributed by atoms with Gasteiger partial charge in [0, 0.05) is 30.1 Å². The molecule has 74 valence electrons. The van der Waals surface area contributed by atoms with Crippen molar-refractivity contribution in [2.24, 2.45) is 5.73 Å². The van der Waals surface area contributed by atoms with Crippen LogP contribution in [0, 0.1) is 0 Å². The summed E-state index contributed by atoms with van der Waals surface area (Å²) in [6, 6.07) is 0.986. The third-order valence-corrected chi connectivity index (χ3v) is 2.81. The van der Waals surface area contributed by atoms with E-state index in [1.165, 1.54) is 5.75 Å². The Kier molecular flexibility index (Phi) is 8.07. The van der Waals surface area contributed by atoms with Crippen LogP contribution >= 0.6 is 11.8 Å². The van der Waals surface area contributed by atoms with E-state index in [1.807, 2.05) is 11.8 Å². The van der Waals surface area contributed by atoms with E-state index in [4.69, 9.17) is 5.73 Å². The molecule has 0 amide bonds. The predicted octanol–water partition coefficient (Wildman–Crippen LogP) is 1.45. The van der Waals surface area contributed by atoms with Crippen LogP contribution in [0.3, 0.4) is 0 Å². The average Bonchev–Trinajstić information content (AvgIpc) is 2.03. The van der Waals surface area contributed by atoms with E-state index in [2.05, 4.69) is 26.1 Å². The molecule has 0 aliphatic rings. The minimum absolute atomic E-state index is 0.383. The van der Waals surface area contributed by atoms with E-state index >= 15 is 0 Å². The molecule has 0 fully saturated rings. The van der Waals surface area contributed by atoms with E-state index in [1.54, 1.807) is 0 Å². The summed E-state index contributed by atoms with van der Waals surface area (Å²) in [6.07, 6.45) is 1.09. The summed E-state index contributed by atoms with van der Waals surface area (Å²) in [5.41, 5.74) is 5.77. The molecule has 0 bridgehead atoms. The summed E-state index contributed by atoms with van der Waals surface area (Å²) in [7, 11) is 0. The zero-order chi connectivity index (χ0) is 9.40. The van der Waals surface area contributed by atoms with Crippen molar-refractivity contribution in [2.45, 2.75) is 39.3 Å². The van der Waals surface area contributed by atoms with Crippen LogP contribution in [-0.4, -0.2) is 30.1 Å². The van der Waals surface area contributed by atoms with Crippen LogP contribution in [0.15, 0.2) is 0 Å². The standard InChI is InChI=1S/C9H22N2S/c1-4-9(10)7-12-6-5-11-8(2)3/h8-9,11H,4-7,10H2,1-3H3. The topological polar surface area (TPSA) is 38.0 Å². The molecule has 0 aliphatic heterocycles. The molecule has 0 heterocycles. The monoisotopic (exact) mass is 190 g/mol. The Morgan fingerprint density at radius 2 is 2.08 bits per heavy atom. The molecule has 2 nitrogen and oxygen atoms in total. The molecule has 0 aromatic carbocycles. The van der Waals surface area contributed by atoms with Crippen LogP contribution in [0.5, 0.6) is 0 Å². The van der Waals surface area contributed by atoms with Crippen molar-refractivity contribution in [3.8, 4) is 0 Å². The Labute approximate surface area is 80.7 Å². The summed E-state index contributed by atoms with van der Waals surface area (Å²) in [5.74, 6) is 2.27. The highest BCUT2D eigenvalue weighted by atomic mass is 32.2. The van der Waals surface area contributed by atoms with Crippen molar-refractivity contribution >= 4 is 11.8 Å². The lowest BCUT2D eigenvalue weighted by molar-refractivity contribution is 0.615. The fourth-order valence-corrected chi connectivity index (χ4v) is 1.74. The summed E-state index contributed by atoms with van der Waals surface area (Å²) >= 11 is 1.94. The lowest BCUT2D eigenvalue weighted by atomic mass is 10.3. The number of hydrogen-bond acceptors (Lipinski definition) is 3. The Morgan fingerprint density at radius 3 is 2.58 bits per heavy atom. The molecular formula is C9H22N2S. The van der Waals surface area contributed by atoms with Gasteiger partial charge in [-0.05, 0) is 6.42 Å². The number of rotatable bonds is 7. The maximum absolute atomic E-state index is 5.77. The third kappa shape index (κ3) is 8.37. The zero-order valence-electron chi connectivity index (χ0n) is 8.47. The lowest BCUT2D eigenvalue weighted by Crippen LogP contribution is -2.26. The van der Waals surface area contributed by atoms with Crippen molar-refractivity contribution in [1.82, 2.24) is 5.32 Å². The Bertz CT molecular complexity index is 96.5. The molecular weight excluding hydrogens is 168 g/mol. The van der Waals surface area contributed by atoms with Crippen LogP contribution < -0.4 is 11.1 Å². The lowest BCUT2D eigenvalue weighted by Gasteiger charge is -2.09. The molecule has 1 unspecified atom stereocenters. The summed E-state index contributed by atoms with van der Waals surface area (Å²) in [5, 5.41) is 3.38. The molecule has 0 aromatic rings. The smallest absolute Gasteiger partial charge is 0.0127 e. The van der Waals surface area contributed by atoms with Crippen molar-refractivity contribution in [2.75, 3.05) is 18.1 Å². The van der Waals surface area contributed by atoms with E-state index in [0.29, 0.717) is 12.1 Å². The van der Waals surface area contributed by atoms with Gasteiger partial charge >= 0.3 is 0 Å². The molecule has 12 heavy (non-hydrogen) atoms. The van der Waals surface area contributed by atoms with Gasteiger partial charge in [-0.15, -0.1) is 0 Å². The maximum atomic E-state index is 5.77. The second-order valence-corrected chi connectivity index (χ2v) is 4.50. The highest BCUT2D eigenvalue weighted by Crippen LogP contribution is 2.02. The molecule has 0 aromatic heterocycles. The number of nitrogens with two attached hydrogens (primary N) is 1. The quantitative estimate of drug-likeness (QED) is 0.597. The number of nitrogens with one attached hydrogen (secondary N) is 1. The summed E-state index contributed by atoms with van der Waals surface area (Å²) in [4.78, 5) is 0. The first-order chi connectivity index (χ1) is 5.66. The van der Waals surface area contributed by atoms with Crippen molar-refractivity contribution in [3.05, 3.63) is 0 Å². The van der Waals surface area contributed by atoms with Gasteiger partial charge in [-0.25, -0.2) is 0 Å². The number of thioether (sulfide) groups is 1. The van der Waals surface area contributed by atoms with Gasteiger partial charge in [-0.3, -0.25) is 0 Å². The van der Waals surface area contributed by atoms with Gasteiger partial charge in [0.15, 0.2) is 0 Å². The molecule has 0 radical (unpaired) electrons. The Balaban J connectivity index is 3.00. The molecule has 0 saturated heterocycles. The van der Waals surface area contributed by atoms with Gasteiger partial charge in [0.1, 0.15) is 0 Å². The van der Waals surface area contributed by atoms with Crippen molar-refractivity contribution in [1.29, 1.82) is 0 Å². The minimum atomic E-state index is 0.383. The molecule has 0 spiro atoms. The largest absolute Gasteiger partial charge is 0.327 e. The second kappa shape index (κ2) is 7.90. The molecule has 3 N–H and O–H groups in total. The van der Waals surface area contributed by atoms with Crippen molar-refractivity contribution < 1.29 is 0 Å². The van der Waals surface area contributed by atoms with Crippen LogP contribution in [0.25, 0.3) is 0 Å². The Hall–Kier alpha value is 0.270. The van der Waals surface area contributed by atoms with Gasteiger partial charge in [0.25, 0.3) is 0 Å². The molecule has 1 atom stereocenters. The normalized spacial score (nSPS) is 13.8. The highest BCUT2D eigenvalue weighted by Gasteiger charge is 1.98. The first-order valence-corrected chi connectivity index (χ1v) is 5.89. The van der Waals surface area contributed by atoms with Gasteiger partial charge in [0.2, 0.25) is 0 Å². The zero-order valence-corrected chi connectivity index (χ0v) is 9.29. The summed E-state index contributed by atoms with van der Waals surface area (Å²) in [6.45, 7) is 7.57. The van der Waals surface area contributed by atoms with Gasteiger partial charge < -0.3 is 11.1 Å². The molecule has 3 heteroatoms. The van der Waals surface area contributed by atoms with E-state index < -0.39 is 0 Å². The van der Waals surface area contributed by atoms with Gasteiger partial charge in [-0.1, -0.05) is 20.8 Å². The van der Waals surface area contributed by atoms with E-state index in [-0.39, 0.29) is 0 Å². The number of hydrogen-bond donors (Lipinski definition) is 2. The first kappa shape index (κ1) is 12.3. The third-order valence-electron chi connectivity index (χ3n) is 1.66. The van der Waals surface area contributed by atoms with Gasteiger partial charge in [-0.2, -0.15) is 11.8 Å². The predicted molar refractivity (Wildman–Crippen MR) is 58.7 cm³/mol. The molecule has 0 saturated carbocycles. The first-order valence-electron chi connectivity index (χ1n) is 4.73. The fourth-order valence-electron chi connectivity index (χ4n) is 0.772. The maximum Gasteiger partial charge on any atom is 0.0127 e. The van der Waals surface area contributed by atoms with Crippen LogP contribution in [0.1, 0.15) is 27.2 Å². The summed E-state index contributed by atoms with van der Waals surface area (Å²) < 4.78 is 0. The fraction of sp³-hybridized carbons (Fsp3) is 1.00. The van der Waals surface area contributed by atoms with Crippen LogP contribution in [0.2, 0.25) is 0 Å². The van der Waals surface area contributed by atoms with E-state index in [0.717, 1.165) is 18.7 Å². The highest BCUT2D eigenvalue weighted by molar-refractivity contribution is 7.99. The SMILES string of the molecule is CCC(N)CSCCNC(C)C. The second-order valence-electron chi connectivity index (χ2n) is 3.35. The van der Waals surface area contributed by atoms with Crippen molar-refractivity contribution in [3.63, 3.8) is 0 Å². The van der Waals surface area contributed by atoms with E-state index in [9.17, 15) is 0 Å². The Morgan fingerprint density at radius 1 is 1.42 bits per heavy atom. The van der Waals surface area contributed by atoms with Gasteiger partial charge in [0.05, 0.1) is 0 Å².